The second-order valence-corrected chi connectivity index (χ2v) is 4.26. The molecule has 2 atom stereocenters. The first-order valence-electron chi connectivity index (χ1n) is 4.55. The van der Waals surface area contributed by atoms with Gasteiger partial charge in [0.1, 0.15) is 5.75 Å². The van der Waals surface area contributed by atoms with E-state index in [1.54, 1.807) is 0 Å². The number of ether oxygens (including phenoxy) is 1. The molecule has 1 aromatic carbocycles. The maximum atomic E-state index is 9.91. The molecule has 0 amide bonds. The molecule has 0 aliphatic carbocycles. The number of fused-ring (bicyclic) bond motifs is 1. The van der Waals surface area contributed by atoms with Crippen molar-refractivity contribution in [3.05, 3.63) is 28.2 Å². The lowest BCUT2D eigenvalue weighted by molar-refractivity contribution is 0.145. The molecule has 0 bridgehead atoms. The number of benzene rings is 1. The number of para-hydroxylation sites is 1. The first-order valence-corrected chi connectivity index (χ1v) is 5.34. The molecule has 0 aromatic heterocycles. The Morgan fingerprint density at radius 1 is 1.50 bits per heavy atom. The Balaban J connectivity index is 2.48. The Hall–Kier alpha value is -0.580. The van der Waals surface area contributed by atoms with E-state index in [4.69, 9.17) is 10.5 Å². The Kier molecular flexibility index (Phi) is 2.76. The van der Waals surface area contributed by atoms with Crippen LogP contribution in [-0.2, 0) is 0 Å². The Morgan fingerprint density at radius 3 is 3.07 bits per heavy atom. The van der Waals surface area contributed by atoms with Gasteiger partial charge in [-0.2, -0.15) is 0 Å². The van der Waals surface area contributed by atoms with Gasteiger partial charge in [0.05, 0.1) is 17.2 Å². The van der Waals surface area contributed by atoms with E-state index >= 15 is 0 Å². The molecule has 3 nitrogen and oxygen atoms in total. The van der Waals surface area contributed by atoms with E-state index < -0.39 is 6.10 Å². The first kappa shape index (κ1) is 9.96. The summed E-state index contributed by atoms with van der Waals surface area (Å²) in [6.07, 6.45) is 0.0347. The Labute approximate surface area is 91.0 Å². The molecule has 1 aliphatic rings. The molecule has 4 heteroatoms. The van der Waals surface area contributed by atoms with E-state index in [9.17, 15) is 5.11 Å². The van der Waals surface area contributed by atoms with Crippen LogP contribution in [0.1, 0.15) is 18.1 Å². The van der Waals surface area contributed by atoms with Crippen LogP contribution in [0.2, 0.25) is 0 Å². The number of hydrogen-bond acceptors (Lipinski definition) is 3. The van der Waals surface area contributed by atoms with Crippen molar-refractivity contribution in [2.45, 2.75) is 18.6 Å². The molecule has 0 unspecified atom stereocenters. The molecule has 0 saturated carbocycles. The fraction of sp³-hybridized carbons (Fsp3) is 0.400. The Morgan fingerprint density at radius 2 is 2.29 bits per heavy atom. The third-order valence-electron chi connectivity index (χ3n) is 2.42. The molecule has 0 saturated heterocycles. The van der Waals surface area contributed by atoms with Crippen molar-refractivity contribution < 1.29 is 9.84 Å². The molecular weight excluding hydrogens is 246 g/mol. The van der Waals surface area contributed by atoms with Crippen LogP contribution in [0.5, 0.6) is 5.75 Å². The normalized spacial score (nSPS) is 26.2. The van der Waals surface area contributed by atoms with Crippen molar-refractivity contribution in [2.75, 3.05) is 6.61 Å². The van der Waals surface area contributed by atoms with Crippen LogP contribution in [0, 0.1) is 0 Å². The lowest BCUT2D eigenvalue weighted by Gasteiger charge is -2.16. The van der Waals surface area contributed by atoms with E-state index in [1.807, 2.05) is 18.2 Å². The van der Waals surface area contributed by atoms with Crippen molar-refractivity contribution in [1.29, 1.82) is 0 Å². The summed E-state index contributed by atoms with van der Waals surface area (Å²) in [5, 5.41) is 9.91. The largest absolute Gasteiger partial charge is 0.492 e. The zero-order valence-electron chi connectivity index (χ0n) is 7.61. The molecule has 0 radical (unpaired) electrons. The van der Waals surface area contributed by atoms with E-state index in [2.05, 4.69) is 15.9 Å². The van der Waals surface area contributed by atoms with Crippen LogP contribution in [-0.4, -0.2) is 17.8 Å². The SMILES string of the molecule is N[C@H]1CCOc2c(Br)cccc2[C@H]1O. The van der Waals surface area contributed by atoms with Gasteiger partial charge in [0, 0.05) is 11.6 Å². The predicted octanol–water partition coefficient (Wildman–Crippen LogP) is 1.59. The minimum Gasteiger partial charge on any atom is -0.492 e. The Bertz CT molecular complexity index is 343. The van der Waals surface area contributed by atoms with Crippen LogP contribution >= 0.6 is 15.9 Å². The predicted molar refractivity (Wildman–Crippen MR) is 57.2 cm³/mol. The summed E-state index contributed by atoms with van der Waals surface area (Å²) in [5.74, 6) is 0.716. The number of aliphatic hydroxyl groups is 1. The molecule has 0 fully saturated rings. The second-order valence-electron chi connectivity index (χ2n) is 3.40. The molecule has 1 heterocycles. The molecule has 14 heavy (non-hydrogen) atoms. The highest BCUT2D eigenvalue weighted by Crippen LogP contribution is 2.36. The molecule has 3 N–H and O–H groups in total. The van der Waals surface area contributed by atoms with Gasteiger partial charge in [-0.05, 0) is 28.4 Å². The third-order valence-corrected chi connectivity index (χ3v) is 3.04. The average molecular weight is 258 g/mol. The smallest absolute Gasteiger partial charge is 0.139 e. The van der Waals surface area contributed by atoms with Crippen LogP contribution < -0.4 is 10.5 Å². The van der Waals surface area contributed by atoms with E-state index in [0.717, 1.165) is 10.0 Å². The van der Waals surface area contributed by atoms with Gasteiger partial charge in [-0.3, -0.25) is 0 Å². The highest BCUT2D eigenvalue weighted by atomic mass is 79.9. The minimum absolute atomic E-state index is 0.245. The van der Waals surface area contributed by atoms with Gasteiger partial charge >= 0.3 is 0 Å². The highest BCUT2D eigenvalue weighted by molar-refractivity contribution is 9.10. The monoisotopic (exact) mass is 257 g/mol. The quantitative estimate of drug-likeness (QED) is 0.743. The highest BCUT2D eigenvalue weighted by Gasteiger charge is 2.25. The van der Waals surface area contributed by atoms with Gasteiger partial charge in [-0.15, -0.1) is 0 Å². The number of rotatable bonds is 0. The van der Waals surface area contributed by atoms with E-state index in [1.165, 1.54) is 0 Å². The summed E-state index contributed by atoms with van der Waals surface area (Å²) in [6, 6.07) is 5.36. The van der Waals surface area contributed by atoms with Crippen molar-refractivity contribution in [2.24, 2.45) is 5.73 Å². The molecule has 1 aromatic rings. The lowest BCUT2D eigenvalue weighted by atomic mass is 10.0. The fourth-order valence-electron chi connectivity index (χ4n) is 1.60. The van der Waals surface area contributed by atoms with Gasteiger partial charge in [-0.25, -0.2) is 0 Å². The molecule has 2 rings (SSSR count). The van der Waals surface area contributed by atoms with Crippen molar-refractivity contribution in [1.82, 2.24) is 0 Å². The summed E-state index contributed by atoms with van der Waals surface area (Å²) >= 11 is 3.39. The van der Waals surface area contributed by atoms with Crippen LogP contribution in [0.25, 0.3) is 0 Å². The van der Waals surface area contributed by atoms with Crippen molar-refractivity contribution >= 4 is 15.9 Å². The summed E-state index contributed by atoms with van der Waals surface area (Å²) in [7, 11) is 0. The van der Waals surface area contributed by atoms with Gasteiger partial charge in [-0.1, -0.05) is 12.1 Å². The van der Waals surface area contributed by atoms with Gasteiger partial charge in [0.25, 0.3) is 0 Å². The van der Waals surface area contributed by atoms with Crippen molar-refractivity contribution in [3.63, 3.8) is 0 Å². The summed E-state index contributed by atoms with van der Waals surface area (Å²) < 4.78 is 6.40. The third kappa shape index (κ3) is 1.65. The minimum atomic E-state index is -0.634. The van der Waals surface area contributed by atoms with Gasteiger partial charge in [0.15, 0.2) is 0 Å². The maximum absolute atomic E-state index is 9.91. The first-order chi connectivity index (χ1) is 6.70. The standard InChI is InChI=1S/C10H12BrNO2/c11-7-3-1-2-6-9(13)8(12)4-5-14-10(6)7/h1-3,8-9,13H,4-5,12H2/t8-,9+/m0/s1. The molecular formula is C10H12BrNO2. The van der Waals surface area contributed by atoms with Crippen LogP contribution in [0.4, 0.5) is 0 Å². The van der Waals surface area contributed by atoms with Crippen molar-refractivity contribution in [3.8, 4) is 5.75 Å². The zero-order valence-corrected chi connectivity index (χ0v) is 9.20. The van der Waals surface area contributed by atoms with Gasteiger partial charge in [0.2, 0.25) is 0 Å². The molecule has 1 aliphatic heterocycles. The fourth-order valence-corrected chi connectivity index (χ4v) is 2.09. The van der Waals surface area contributed by atoms with E-state index in [0.29, 0.717) is 18.8 Å². The molecule has 76 valence electrons. The van der Waals surface area contributed by atoms with Crippen LogP contribution in [0.3, 0.4) is 0 Å². The number of nitrogens with two attached hydrogens (primary N) is 1. The van der Waals surface area contributed by atoms with Crippen LogP contribution in [0.15, 0.2) is 22.7 Å². The van der Waals surface area contributed by atoms with Gasteiger partial charge < -0.3 is 15.6 Å². The second kappa shape index (κ2) is 3.88. The number of aliphatic hydroxyl groups excluding tert-OH is 1. The number of halogens is 1. The zero-order chi connectivity index (χ0) is 10.1. The average Bonchev–Trinajstić information content (AvgIpc) is 2.31. The maximum Gasteiger partial charge on any atom is 0.139 e. The van der Waals surface area contributed by atoms with E-state index in [-0.39, 0.29) is 6.04 Å². The topological polar surface area (TPSA) is 55.5 Å². The summed E-state index contributed by atoms with van der Waals surface area (Å²) in [4.78, 5) is 0. The summed E-state index contributed by atoms with van der Waals surface area (Å²) in [5.41, 5.74) is 6.57. The molecule has 0 spiro atoms. The number of hydrogen-bond donors (Lipinski definition) is 2. The summed E-state index contributed by atoms with van der Waals surface area (Å²) in [6.45, 7) is 0.549. The lowest BCUT2D eigenvalue weighted by Crippen LogP contribution is -2.28.